The van der Waals surface area contributed by atoms with Crippen LogP contribution < -0.4 is 76.1 Å². The molecule has 0 saturated carbocycles. The van der Waals surface area contributed by atoms with Gasteiger partial charge in [-0.25, -0.2) is 0 Å². The molecule has 5 aliphatic rings. The Bertz CT molecular complexity index is 4630. The van der Waals surface area contributed by atoms with Gasteiger partial charge in [-0.1, -0.05) is 125 Å². The van der Waals surface area contributed by atoms with E-state index in [9.17, 15) is 9.59 Å². The average Bonchev–Trinajstić information content (AvgIpc) is 1.64. The first kappa shape index (κ1) is 98.0. The zero-order valence-electron chi connectivity index (χ0n) is 74.6. The van der Waals surface area contributed by atoms with Crippen LogP contribution in [0.4, 0.5) is 0 Å². The maximum Gasteiger partial charge on any atom is 0.246 e. The quantitative estimate of drug-likeness (QED) is 0.0343. The summed E-state index contributed by atoms with van der Waals surface area (Å²) in [6.07, 6.45) is 0.707. The van der Waals surface area contributed by atoms with Gasteiger partial charge in [0.15, 0.2) is 0 Å². The SMILES string of the molecule is CC(C)C[C@@H]1NC(=O)[C@@H](Cc2ccccc2)NC(=O)[C@H]2CCCN2C(=O)[C@@H](Cc2cc3ccccc3[nH]2)NC(=O)[C@H](CCCCN)NC(=O)[C@@H](CCC(N)=O)NC(=O)[C@H]2CCCN2C(=O)[C@H](CC(C)C)NC(=O)[C@@H](Cc2ccccc2)NC(=O)[C@H]2CCCN2C(=O)[C@@H](Cc2cc3ccccc3[nH]2)NC(=O)[C@H](CCCCN)NC(=O)[C@@H](CCC(N)=O)NC(=O)[C@H]2CCCN2C1=O. The molecule has 36 heteroatoms. The highest BCUT2D eigenvalue weighted by atomic mass is 16.2. The summed E-state index contributed by atoms with van der Waals surface area (Å²) in [5, 5.41) is 30.1. The van der Waals surface area contributed by atoms with Gasteiger partial charge < -0.3 is 106 Å². The molecule has 5 aliphatic heterocycles. The summed E-state index contributed by atoms with van der Waals surface area (Å²) < 4.78 is 0. The minimum atomic E-state index is -1.56. The van der Waals surface area contributed by atoms with E-state index in [1.807, 2.05) is 88.4 Å². The van der Waals surface area contributed by atoms with Crippen molar-refractivity contribution >= 4 is 116 Å². The van der Waals surface area contributed by atoms with Crippen molar-refractivity contribution in [2.45, 2.75) is 266 Å². The number of aromatic amines is 2. The third kappa shape index (κ3) is 26.8. The van der Waals surface area contributed by atoms with E-state index in [0.717, 1.165) is 10.8 Å². The van der Waals surface area contributed by atoms with Crippen molar-refractivity contribution in [2.75, 3.05) is 39.3 Å². The molecule has 36 nitrogen and oxygen atoms in total. The Hall–Kier alpha value is -12.6. The molecule has 2 aromatic heterocycles. The van der Waals surface area contributed by atoms with Crippen molar-refractivity contribution in [3.63, 3.8) is 0 Å². The van der Waals surface area contributed by atoms with Crippen molar-refractivity contribution in [2.24, 2.45) is 34.8 Å². The summed E-state index contributed by atoms with van der Waals surface area (Å²) in [4.78, 5) is 251. The smallest absolute Gasteiger partial charge is 0.246 e. The van der Waals surface area contributed by atoms with E-state index in [0.29, 0.717) is 72.1 Å². The summed E-state index contributed by atoms with van der Waals surface area (Å²) in [6.45, 7) is 7.79. The predicted molar refractivity (Wildman–Crippen MR) is 484 cm³/mol. The molecule has 11 rings (SSSR count). The van der Waals surface area contributed by atoms with Crippen molar-refractivity contribution in [3.05, 3.63) is 144 Å². The van der Waals surface area contributed by atoms with Gasteiger partial charge in [-0.3, -0.25) is 76.7 Å². The molecule has 0 unspecified atom stereocenters. The van der Waals surface area contributed by atoms with Gasteiger partial charge in [-0.2, -0.15) is 0 Å². The first-order valence-electron chi connectivity index (χ1n) is 45.9. The maximum atomic E-state index is 15.7. The number of nitrogens with one attached hydrogen (secondary N) is 12. The summed E-state index contributed by atoms with van der Waals surface area (Å²) in [5.41, 5.74) is 27.1. The molecule has 0 spiro atoms. The van der Waals surface area contributed by atoms with Gasteiger partial charge in [0.05, 0.1) is 0 Å². The lowest BCUT2D eigenvalue weighted by molar-refractivity contribution is -0.144. The largest absolute Gasteiger partial charge is 0.370 e. The van der Waals surface area contributed by atoms with E-state index in [4.69, 9.17) is 22.9 Å². The molecule has 16 amide bonds. The Balaban J connectivity index is 0.955. The highest BCUT2D eigenvalue weighted by Gasteiger charge is 2.47. The number of rotatable bonds is 26. The van der Waals surface area contributed by atoms with Crippen molar-refractivity contribution < 1.29 is 76.7 Å². The summed E-state index contributed by atoms with van der Waals surface area (Å²) >= 11 is 0. The number of fused-ring (bicyclic) bond motifs is 6. The van der Waals surface area contributed by atoms with Crippen LogP contribution in [0.2, 0.25) is 0 Å². The first-order valence-corrected chi connectivity index (χ1v) is 45.9. The number of nitrogens with zero attached hydrogens (tertiary/aromatic N) is 4. The number of hydrogen-bond acceptors (Lipinski definition) is 18. The van der Waals surface area contributed by atoms with E-state index in [2.05, 4.69) is 63.1 Å². The third-order valence-electron chi connectivity index (χ3n) is 24.9. The normalized spacial score (nSPS) is 25.3. The van der Waals surface area contributed by atoms with Gasteiger partial charge in [-0.15, -0.1) is 0 Å². The van der Waals surface area contributed by atoms with Crippen molar-refractivity contribution in [3.8, 4) is 0 Å². The Morgan fingerprint density at radius 2 is 0.592 bits per heavy atom. The second kappa shape index (κ2) is 47.1. The zero-order chi connectivity index (χ0) is 93.2. The molecule has 20 N–H and O–H groups in total. The average molecular weight is 1790 g/mol. The number of unbranched alkanes of at least 4 members (excludes halogenated alkanes) is 2. The molecular formula is C94H128N20O16. The molecule has 5 fully saturated rings. The highest BCUT2D eigenvalue weighted by Crippen LogP contribution is 2.29. The van der Waals surface area contributed by atoms with Crippen LogP contribution in [-0.2, 0) is 102 Å². The lowest BCUT2D eigenvalue weighted by Gasteiger charge is -2.33. The molecule has 7 heterocycles. The molecule has 0 bridgehead atoms. The second-order valence-corrected chi connectivity index (χ2v) is 35.8. The zero-order valence-corrected chi connectivity index (χ0v) is 74.6. The van der Waals surface area contributed by atoms with Crippen LogP contribution in [0.5, 0.6) is 0 Å². The minimum absolute atomic E-state index is 0.0188. The van der Waals surface area contributed by atoms with E-state index >= 15 is 67.1 Å². The minimum Gasteiger partial charge on any atom is -0.370 e. The third-order valence-corrected chi connectivity index (χ3v) is 24.9. The van der Waals surface area contributed by atoms with Crippen molar-refractivity contribution in [1.29, 1.82) is 0 Å². The number of H-pyrrole nitrogens is 2. The number of carbonyl (C=O) groups is 16. The number of amides is 16. The van der Waals surface area contributed by atoms with Gasteiger partial charge in [-0.05, 0) is 187 Å². The standard InChI is InChI=1S/C94H128N20O16/c1-55(2)47-71-91(127)111-43-19-33-75(111)87(123)103-67(37-39-79(97)115)83(119)101-65(31-15-17-41-95)81(117)110-74(54-62-52-60-28-12-14-30-64(60)100-62)94(130)114-46-22-36-78(114)90(126)106-70(50-58-25-9-6-10-26-58)86(122)108-72(48-56(3)4)92(128)112-44-20-34-76(112)88(124)104-68(38-40-80(98)116)84(120)102-66(32-16-18-42-96)82(118)109-73(53-61-51-59-27-11-13-29-63(59)99-61)93(129)113-45-21-35-77(113)89(125)105-69(85(121)107-71)49-57-23-7-5-8-24-57/h5-14,23-30,51-52,55-56,65-78,99-100H,15-22,31-50,53-54,95-96H2,1-4H3,(H2,97,115)(H2,98,116)(H,101,119)(H,102,120)(H,103,123)(H,104,124)(H,105,125)(H,106,126)(H,107,121)(H,108,122)(H,109,118)(H,110,117)/t65-,66-,67+,68+,69+,70+,71-,72-,73+,74+,75+,76+,77+,78+/m0/s1. The molecule has 700 valence electrons. The van der Waals surface area contributed by atoms with Gasteiger partial charge in [0.25, 0.3) is 0 Å². The maximum absolute atomic E-state index is 15.7. The Kier molecular flexibility index (Phi) is 35.5. The molecule has 4 aromatic carbocycles. The van der Waals surface area contributed by atoms with Crippen LogP contribution in [0.3, 0.4) is 0 Å². The van der Waals surface area contributed by atoms with Crippen LogP contribution in [0.1, 0.15) is 179 Å². The lowest BCUT2D eigenvalue weighted by atomic mass is 9.99. The van der Waals surface area contributed by atoms with Crippen LogP contribution in [0, 0.1) is 11.8 Å². The molecule has 0 radical (unpaired) electrons. The van der Waals surface area contributed by atoms with Crippen LogP contribution in [0.15, 0.2) is 121 Å². The summed E-state index contributed by atoms with van der Waals surface area (Å²) in [7, 11) is 0. The highest BCUT2D eigenvalue weighted by molar-refractivity contribution is 6.02. The fraction of sp³-hybridized carbons (Fsp3) is 0.532. The second-order valence-electron chi connectivity index (χ2n) is 35.8. The van der Waals surface area contributed by atoms with E-state index in [1.54, 1.807) is 60.7 Å². The van der Waals surface area contributed by atoms with Gasteiger partial charge >= 0.3 is 0 Å². The van der Waals surface area contributed by atoms with Gasteiger partial charge in [0.1, 0.15) is 84.6 Å². The topological polar surface area (TPSA) is 542 Å². The number of benzene rings is 4. The number of nitrogens with two attached hydrogens (primary N) is 4. The number of hydrogen-bond donors (Lipinski definition) is 16. The number of primary amides is 2. The fourth-order valence-electron chi connectivity index (χ4n) is 18.2. The van der Waals surface area contributed by atoms with Crippen LogP contribution in [0.25, 0.3) is 21.8 Å². The van der Waals surface area contributed by atoms with Crippen LogP contribution >= 0.6 is 0 Å². The van der Waals surface area contributed by atoms with E-state index in [1.165, 1.54) is 19.6 Å². The first-order chi connectivity index (χ1) is 62.4. The number of para-hydroxylation sites is 2. The lowest BCUT2D eigenvalue weighted by Crippen LogP contribution is -2.61. The fourth-order valence-corrected chi connectivity index (χ4v) is 18.2. The Morgan fingerprint density at radius 1 is 0.323 bits per heavy atom. The monoisotopic (exact) mass is 1790 g/mol. The molecule has 14 atom stereocenters. The van der Waals surface area contributed by atoms with Crippen molar-refractivity contribution in [1.82, 2.24) is 82.7 Å². The van der Waals surface area contributed by atoms with E-state index in [-0.39, 0.29) is 154 Å². The molecule has 0 aliphatic carbocycles. The molecule has 130 heavy (non-hydrogen) atoms. The summed E-state index contributed by atoms with van der Waals surface area (Å²) in [6, 6.07) is 16.5. The van der Waals surface area contributed by atoms with E-state index < -0.39 is 192 Å². The number of carbonyl (C=O) groups excluding carboxylic acids is 16. The molecular weight excluding hydrogens is 1670 g/mol. The Morgan fingerprint density at radius 3 is 0.900 bits per heavy atom. The number of aromatic nitrogens is 2. The van der Waals surface area contributed by atoms with Gasteiger partial charge in [0.2, 0.25) is 94.5 Å². The summed E-state index contributed by atoms with van der Waals surface area (Å²) in [5.74, 6) is -13.1. The molecule has 5 saturated heterocycles. The van der Waals surface area contributed by atoms with Crippen LogP contribution in [-0.4, -0.2) is 248 Å². The predicted octanol–water partition coefficient (Wildman–Crippen LogP) is 1.63. The Labute approximate surface area is 756 Å². The molecule has 6 aromatic rings. The van der Waals surface area contributed by atoms with Gasteiger partial charge in [0, 0.05) is 87.1 Å².